The van der Waals surface area contributed by atoms with Crippen LogP contribution in [0.15, 0.2) is 103 Å². The summed E-state index contributed by atoms with van der Waals surface area (Å²) in [6.45, 7) is 0. The molecule has 4 rings (SSSR count). The number of hydrogen-bond acceptors (Lipinski definition) is 2. The van der Waals surface area contributed by atoms with E-state index in [0.717, 1.165) is 21.9 Å². The van der Waals surface area contributed by atoms with Crippen LogP contribution in [0.4, 0.5) is 0 Å². The van der Waals surface area contributed by atoms with Gasteiger partial charge in [0.05, 0.1) is 12.0 Å². The van der Waals surface area contributed by atoms with E-state index in [1.165, 1.54) is 0 Å². The van der Waals surface area contributed by atoms with Crippen molar-refractivity contribution in [2.75, 3.05) is 0 Å². The van der Waals surface area contributed by atoms with Crippen molar-refractivity contribution < 1.29 is 4.79 Å². The molecule has 0 aliphatic carbocycles. The van der Waals surface area contributed by atoms with Gasteiger partial charge in [0.1, 0.15) is 0 Å². The molecule has 0 bridgehead atoms. The van der Waals surface area contributed by atoms with Crippen molar-refractivity contribution in [1.82, 2.24) is 0 Å². The number of carbonyl (C=O) groups is 1. The van der Waals surface area contributed by atoms with Crippen molar-refractivity contribution in [2.45, 2.75) is 18.3 Å². The van der Waals surface area contributed by atoms with Gasteiger partial charge in [0, 0.05) is 17.9 Å². The normalized spacial score (nSPS) is 12.8. The maximum atomic E-state index is 13.0. The quantitative estimate of drug-likeness (QED) is 0.361. The van der Waals surface area contributed by atoms with E-state index in [4.69, 9.17) is 0 Å². The average Bonchev–Trinajstić information content (AvgIpc) is 2.80. The van der Waals surface area contributed by atoms with E-state index in [2.05, 4.69) is 24.3 Å². The van der Waals surface area contributed by atoms with Crippen LogP contribution in [0.25, 0.3) is 10.8 Å². The second kappa shape index (κ2) is 8.54. The van der Waals surface area contributed by atoms with E-state index in [1.807, 2.05) is 84.9 Å². The van der Waals surface area contributed by atoms with E-state index < -0.39 is 5.92 Å². The molecule has 0 aromatic heterocycles. The first-order chi connectivity index (χ1) is 14.3. The first-order valence-corrected chi connectivity index (χ1v) is 9.78. The third-order valence-corrected chi connectivity index (χ3v) is 5.43. The molecule has 4 aromatic carbocycles. The molecule has 2 nitrogen and oxygen atoms in total. The highest BCUT2D eigenvalue weighted by atomic mass is 16.1. The Morgan fingerprint density at radius 1 is 0.759 bits per heavy atom. The zero-order chi connectivity index (χ0) is 20.1. The number of rotatable bonds is 6. The largest absolute Gasteiger partial charge is 0.294 e. The second-order valence-corrected chi connectivity index (χ2v) is 7.19. The Kier molecular flexibility index (Phi) is 5.49. The Bertz CT molecular complexity index is 1150. The zero-order valence-corrected chi connectivity index (χ0v) is 16.0. The summed E-state index contributed by atoms with van der Waals surface area (Å²) in [6.07, 6.45) is 0.287. The van der Waals surface area contributed by atoms with Gasteiger partial charge in [-0.05, 0) is 21.9 Å². The molecule has 0 spiro atoms. The topological polar surface area (TPSA) is 40.9 Å². The van der Waals surface area contributed by atoms with Crippen molar-refractivity contribution in [1.29, 1.82) is 5.26 Å². The van der Waals surface area contributed by atoms with Crippen LogP contribution in [0.1, 0.15) is 39.7 Å². The number of fused-ring (bicyclic) bond motifs is 1. The zero-order valence-electron chi connectivity index (χ0n) is 16.0. The number of nitrogens with zero attached hydrogens (tertiary/aromatic N) is 1. The number of ketones is 1. The molecule has 0 saturated heterocycles. The van der Waals surface area contributed by atoms with Crippen LogP contribution in [-0.4, -0.2) is 5.78 Å². The van der Waals surface area contributed by atoms with E-state index in [9.17, 15) is 10.1 Å². The maximum absolute atomic E-state index is 13.0. The molecule has 0 radical (unpaired) electrons. The van der Waals surface area contributed by atoms with Gasteiger partial charge in [-0.3, -0.25) is 4.79 Å². The van der Waals surface area contributed by atoms with Gasteiger partial charge in [-0.15, -0.1) is 0 Å². The van der Waals surface area contributed by atoms with Gasteiger partial charge in [0.2, 0.25) is 0 Å². The van der Waals surface area contributed by atoms with Crippen LogP contribution in [0.2, 0.25) is 0 Å². The first-order valence-electron chi connectivity index (χ1n) is 9.78. The standard InChI is InChI=1S/C27H21NO/c28-19-26(24-17-9-15-20-12-7-8-16-23(20)24)25(21-10-3-1-4-11-21)18-27(29)22-13-5-2-6-14-22/h1-17,25-26H,18H2/t25-,26+/m0/s1. The van der Waals surface area contributed by atoms with Gasteiger partial charge < -0.3 is 0 Å². The lowest BCUT2D eigenvalue weighted by Gasteiger charge is -2.24. The fraction of sp³-hybridized carbons (Fsp3) is 0.111. The highest BCUT2D eigenvalue weighted by molar-refractivity contribution is 5.96. The molecule has 0 aliphatic heterocycles. The summed E-state index contributed by atoms with van der Waals surface area (Å²) in [5, 5.41) is 12.4. The van der Waals surface area contributed by atoms with Crippen molar-refractivity contribution >= 4 is 16.6 Å². The van der Waals surface area contributed by atoms with Crippen molar-refractivity contribution in [3.05, 3.63) is 120 Å². The Morgan fingerprint density at radius 3 is 2.10 bits per heavy atom. The van der Waals surface area contributed by atoms with Gasteiger partial charge in [-0.25, -0.2) is 0 Å². The lowest BCUT2D eigenvalue weighted by molar-refractivity contribution is 0.0972. The number of benzene rings is 4. The molecule has 2 atom stereocenters. The Morgan fingerprint density at radius 2 is 1.38 bits per heavy atom. The molecular formula is C27H21NO. The lowest BCUT2D eigenvalue weighted by atomic mass is 9.77. The minimum Gasteiger partial charge on any atom is -0.294 e. The summed E-state index contributed by atoms with van der Waals surface area (Å²) in [5.74, 6) is -0.587. The predicted octanol–water partition coefficient (Wildman–Crippen LogP) is 6.50. The average molecular weight is 375 g/mol. The van der Waals surface area contributed by atoms with Crippen molar-refractivity contribution in [2.24, 2.45) is 0 Å². The smallest absolute Gasteiger partial charge is 0.163 e. The van der Waals surface area contributed by atoms with Gasteiger partial charge in [0.15, 0.2) is 5.78 Å². The Hall–Kier alpha value is -3.70. The molecule has 0 amide bonds. The van der Waals surface area contributed by atoms with Gasteiger partial charge in [0.25, 0.3) is 0 Å². The van der Waals surface area contributed by atoms with Gasteiger partial charge in [-0.2, -0.15) is 5.26 Å². The second-order valence-electron chi connectivity index (χ2n) is 7.19. The third-order valence-electron chi connectivity index (χ3n) is 5.43. The number of nitriles is 1. The summed E-state index contributed by atoms with van der Waals surface area (Å²) in [5.41, 5.74) is 2.67. The summed E-state index contributed by atoms with van der Waals surface area (Å²) in [7, 11) is 0. The monoisotopic (exact) mass is 375 g/mol. The summed E-state index contributed by atoms with van der Waals surface area (Å²) < 4.78 is 0. The van der Waals surface area contributed by atoms with E-state index in [-0.39, 0.29) is 18.1 Å². The van der Waals surface area contributed by atoms with E-state index in [0.29, 0.717) is 5.56 Å². The van der Waals surface area contributed by atoms with Crippen LogP contribution in [0, 0.1) is 11.3 Å². The van der Waals surface area contributed by atoms with Crippen LogP contribution in [-0.2, 0) is 0 Å². The van der Waals surface area contributed by atoms with E-state index in [1.54, 1.807) is 0 Å². The Labute approximate surface area is 171 Å². The van der Waals surface area contributed by atoms with Crippen LogP contribution in [0.5, 0.6) is 0 Å². The molecule has 4 aromatic rings. The summed E-state index contributed by atoms with van der Waals surface area (Å²) in [4.78, 5) is 13.0. The molecule has 2 heteroatoms. The van der Waals surface area contributed by atoms with Gasteiger partial charge in [-0.1, -0.05) is 103 Å². The van der Waals surface area contributed by atoms with Crippen molar-refractivity contribution in [3.8, 4) is 6.07 Å². The predicted molar refractivity (Wildman–Crippen MR) is 117 cm³/mol. The molecule has 0 heterocycles. The van der Waals surface area contributed by atoms with Gasteiger partial charge >= 0.3 is 0 Å². The van der Waals surface area contributed by atoms with Crippen LogP contribution < -0.4 is 0 Å². The Balaban J connectivity index is 1.79. The maximum Gasteiger partial charge on any atom is 0.163 e. The SMILES string of the molecule is N#C[C@H](c1cccc2ccccc12)[C@@H](CC(=O)c1ccccc1)c1ccccc1. The van der Waals surface area contributed by atoms with E-state index >= 15 is 0 Å². The fourth-order valence-electron chi connectivity index (χ4n) is 3.97. The molecule has 140 valence electrons. The van der Waals surface area contributed by atoms with Crippen LogP contribution >= 0.6 is 0 Å². The molecule has 0 aliphatic rings. The number of hydrogen-bond donors (Lipinski definition) is 0. The van der Waals surface area contributed by atoms with Crippen LogP contribution in [0.3, 0.4) is 0 Å². The molecular weight excluding hydrogens is 354 g/mol. The lowest BCUT2D eigenvalue weighted by Crippen LogP contribution is -2.15. The molecule has 0 N–H and O–H groups in total. The summed E-state index contributed by atoms with van der Waals surface area (Å²) in [6, 6.07) is 35.9. The summed E-state index contributed by atoms with van der Waals surface area (Å²) >= 11 is 0. The highest BCUT2D eigenvalue weighted by Crippen LogP contribution is 2.39. The number of carbonyl (C=O) groups excluding carboxylic acids is 1. The molecule has 0 saturated carbocycles. The molecule has 0 unspecified atom stereocenters. The fourth-order valence-corrected chi connectivity index (χ4v) is 3.97. The molecule has 0 fully saturated rings. The third kappa shape index (κ3) is 3.95. The highest BCUT2D eigenvalue weighted by Gasteiger charge is 2.28. The number of Topliss-reactive ketones (excluding diaryl/α,β-unsaturated/α-hetero) is 1. The molecule has 29 heavy (non-hydrogen) atoms. The van der Waals surface area contributed by atoms with Crippen molar-refractivity contribution in [3.63, 3.8) is 0 Å². The first kappa shape index (κ1) is 18.7. The minimum atomic E-state index is -0.420. The minimum absolute atomic E-state index is 0.0555.